The van der Waals surface area contributed by atoms with Gasteiger partial charge >= 0.3 is 0 Å². The van der Waals surface area contributed by atoms with Crippen LogP contribution in [0.4, 0.5) is 22.7 Å². The number of anilines is 4. The fourth-order valence-corrected chi connectivity index (χ4v) is 9.96. The Morgan fingerprint density at radius 2 is 1.08 bits per heavy atom. The molecule has 72 heavy (non-hydrogen) atoms. The van der Waals surface area contributed by atoms with Gasteiger partial charge in [0.05, 0.1) is 51.4 Å². The molecule has 0 unspecified atom stereocenters. The van der Waals surface area contributed by atoms with Gasteiger partial charge in [0.2, 0.25) is 0 Å². The van der Waals surface area contributed by atoms with Crippen LogP contribution in [-0.2, 0) is 17.3 Å². The first-order chi connectivity index (χ1) is 42.1. The van der Waals surface area contributed by atoms with Gasteiger partial charge in [-0.1, -0.05) is 204 Å². The monoisotopic (exact) mass is 948 g/mol. The van der Waals surface area contributed by atoms with Gasteiger partial charge in [0.15, 0.2) is 0 Å². The van der Waals surface area contributed by atoms with Crippen molar-refractivity contribution in [3.63, 3.8) is 0 Å². The number of fused-ring (bicyclic) bond motifs is 4. The first-order valence-electron chi connectivity index (χ1n) is 32.4. The van der Waals surface area contributed by atoms with Crippen molar-refractivity contribution in [3.8, 4) is 39.2 Å². The van der Waals surface area contributed by atoms with Crippen molar-refractivity contribution in [2.75, 3.05) is 16.5 Å². The lowest BCUT2D eigenvalue weighted by molar-refractivity contribution is 0.589. The first-order valence-corrected chi connectivity index (χ1v) is 23.9. The molecule has 0 N–H and O–H groups in total. The summed E-state index contributed by atoms with van der Waals surface area (Å²) in [6.45, 7) is 10.5. The molecule has 4 nitrogen and oxygen atoms in total. The number of pyridine rings is 1. The van der Waals surface area contributed by atoms with Gasteiger partial charge < -0.3 is 9.80 Å². The predicted octanol–water partition coefficient (Wildman–Crippen LogP) is 17.6. The maximum Gasteiger partial charge on any atom is 0.137 e. The molecule has 9 aromatic carbocycles. The highest BCUT2D eigenvalue weighted by molar-refractivity contribution is 6.09. The van der Waals surface area contributed by atoms with Crippen LogP contribution in [0.5, 0.6) is 0 Å². The molecule has 0 amide bonds. The average Bonchev–Trinajstić information content (AvgIpc) is 1.60. The van der Waals surface area contributed by atoms with E-state index in [0.29, 0.717) is 23.5 Å². The van der Waals surface area contributed by atoms with E-state index in [1.807, 2.05) is 53.6 Å². The van der Waals surface area contributed by atoms with E-state index in [1.165, 1.54) is 5.56 Å². The first kappa shape index (κ1) is 29.7. The van der Waals surface area contributed by atoms with Crippen LogP contribution in [-0.4, -0.2) is 16.2 Å². The molecular formula is C68H58N4. The van der Waals surface area contributed by atoms with Gasteiger partial charge in [-0.15, -0.1) is 0 Å². The summed E-state index contributed by atoms with van der Waals surface area (Å²) in [7, 11) is 0. The SMILES string of the molecule is [2H]c1c([2H])c([2H])c(-c2c([2H])c(-c3c([2H])c([2H])c([2H])c([2H])c3[2H])c(N3CN(c4cc(Cc5ccc6c7ccccc7n(-c7cc(C(C)(C)c8ccccc8)ccn7)c6c5)cc(C(C)(C)C)c4)c4ccccc43)c(-c3c([2H])c([2H])c([2H])c([2H])c3[2H])c2[2H])c([2H])c1[2H]. The number of aromatic nitrogens is 2. The van der Waals surface area contributed by atoms with Gasteiger partial charge in [-0.25, -0.2) is 4.98 Å². The minimum Gasteiger partial charge on any atom is -0.321 e. The summed E-state index contributed by atoms with van der Waals surface area (Å²) in [5, 5.41) is 2.12. The summed E-state index contributed by atoms with van der Waals surface area (Å²) < 4.78 is 157. The molecule has 2 aromatic heterocycles. The molecule has 1 aliphatic rings. The quantitative estimate of drug-likeness (QED) is 0.137. The Labute approximate surface area is 448 Å². The molecule has 12 rings (SSSR count). The van der Waals surface area contributed by atoms with E-state index >= 15 is 0 Å². The van der Waals surface area contributed by atoms with E-state index in [4.69, 9.17) is 20.1 Å². The Kier molecular flexibility index (Phi) is 7.43. The lowest BCUT2D eigenvalue weighted by atomic mass is 9.78. The maximum atomic E-state index is 10.2. The smallest absolute Gasteiger partial charge is 0.137 e. The molecule has 0 aliphatic carbocycles. The third-order valence-corrected chi connectivity index (χ3v) is 13.7. The van der Waals surface area contributed by atoms with Crippen molar-refractivity contribution in [1.82, 2.24) is 9.55 Å². The molecule has 0 fully saturated rings. The van der Waals surface area contributed by atoms with Gasteiger partial charge in [0, 0.05) is 39.2 Å². The molecule has 0 radical (unpaired) electrons. The van der Waals surface area contributed by atoms with E-state index in [9.17, 15) is 8.22 Å². The third kappa shape index (κ3) is 8.13. The lowest BCUT2D eigenvalue weighted by Crippen LogP contribution is -2.25. The molecule has 1 aliphatic heterocycles. The summed E-state index contributed by atoms with van der Waals surface area (Å²) in [6.07, 6.45) is 2.33. The third-order valence-electron chi connectivity index (χ3n) is 13.7. The standard InChI is InChI=1S/C68H58N4/c1-67(2,3)55-39-48(38-47-34-35-58-57-30-18-19-31-61(57)72(64(58)41-47)65-45-54(36-37-69-65)68(4,5)53-28-16-9-17-29-53)40-56(44-55)70-46-71(63-33-21-20-32-62(63)70)66-59(50-24-12-7-13-25-50)42-52(49-22-10-6-11-23-49)43-60(66)51-26-14-8-15-27-51/h6-37,39-45H,38,46H2,1-5H3/i6D,7D,8D,10D,11D,12D,13D,14D,15D,22D,23D,24D,25D,26D,27D,42D,43D. The summed E-state index contributed by atoms with van der Waals surface area (Å²) in [4.78, 5) is 8.57. The number of hydrogen-bond acceptors (Lipinski definition) is 3. The predicted molar refractivity (Wildman–Crippen MR) is 303 cm³/mol. The van der Waals surface area contributed by atoms with Gasteiger partial charge in [-0.05, 0) is 123 Å². The van der Waals surface area contributed by atoms with Crippen LogP contribution in [0.3, 0.4) is 0 Å². The van der Waals surface area contributed by atoms with Crippen molar-refractivity contribution in [2.45, 2.75) is 51.9 Å². The maximum absolute atomic E-state index is 10.2. The number of benzene rings is 9. The highest BCUT2D eigenvalue weighted by atomic mass is 15.4. The lowest BCUT2D eigenvalue weighted by Gasteiger charge is -2.29. The van der Waals surface area contributed by atoms with Crippen molar-refractivity contribution in [3.05, 3.63) is 264 Å². The Morgan fingerprint density at radius 3 is 1.75 bits per heavy atom. The molecule has 0 atom stereocenters. The fourth-order valence-electron chi connectivity index (χ4n) is 9.96. The molecule has 0 spiro atoms. The van der Waals surface area contributed by atoms with Crippen LogP contribution in [0.15, 0.2) is 236 Å². The van der Waals surface area contributed by atoms with Crippen LogP contribution in [0.1, 0.15) is 85.7 Å². The number of rotatable bonds is 10. The summed E-state index contributed by atoms with van der Waals surface area (Å²) in [5.41, 5.74) is 4.25. The zero-order chi connectivity index (χ0) is 63.8. The van der Waals surface area contributed by atoms with Crippen LogP contribution >= 0.6 is 0 Å². The highest BCUT2D eigenvalue weighted by Gasteiger charge is 2.33. The fraction of sp³-hybridized carbons (Fsp3) is 0.132. The normalized spacial score (nSPS) is 16.0. The second kappa shape index (κ2) is 18.0. The highest BCUT2D eigenvalue weighted by Crippen LogP contribution is 2.52. The van der Waals surface area contributed by atoms with Gasteiger partial charge in [0.1, 0.15) is 12.5 Å². The number of hydrogen-bond donors (Lipinski definition) is 0. The molecule has 4 heteroatoms. The molecule has 350 valence electrons. The van der Waals surface area contributed by atoms with Crippen LogP contribution < -0.4 is 9.80 Å². The second-order valence-electron chi connectivity index (χ2n) is 19.6. The topological polar surface area (TPSA) is 24.3 Å². The van der Waals surface area contributed by atoms with Crippen molar-refractivity contribution >= 4 is 44.6 Å². The summed E-state index contributed by atoms with van der Waals surface area (Å²) >= 11 is 0. The zero-order valence-corrected chi connectivity index (χ0v) is 40.4. The average molecular weight is 948 g/mol. The van der Waals surface area contributed by atoms with E-state index in [2.05, 4.69) is 112 Å². The Morgan fingerprint density at radius 1 is 0.486 bits per heavy atom. The van der Waals surface area contributed by atoms with Crippen molar-refractivity contribution < 1.29 is 23.3 Å². The van der Waals surface area contributed by atoms with Crippen molar-refractivity contribution in [2.24, 2.45) is 0 Å². The molecule has 0 saturated heterocycles. The van der Waals surface area contributed by atoms with E-state index in [1.54, 1.807) is 17.0 Å². The Bertz CT molecular complexity index is 4620. The van der Waals surface area contributed by atoms with E-state index in [0.717, 1.165) is 49.9 Å². The summed E-state index contributed by atoms with van der Waals surface area (Å²) in [6, 6.07) is 29.1. The summed E-state index contributed by atoms with van der Waals surface area (Å²) in [5.74, 6) is 0.771. The van der Waals surface area contributed by atoms with Gasteiger partial charge in [-0.2, -0.15) is 0 Å². The van der Waals surface area contributed by atoms with Crippen LogP contribution in [0.2, 0.25) is 0 Å². The van der Waals surface area contributed by atoms with Crippen LogP contribution in [0.25, 0.3) is 61.0 Å². The Balaban J connectivity index is 1.08. The largest absolute Gasteiger partial charge is 0.321 e. The molecular weight excluding hydrogens is 873 g/mol. The minimum atomic E-state index is -0.843. The number of para-hydroxylation sites is 3. The molecule has 0 saturated carbocycles. The van der Waals surface area contributed by atoms with Gasteiger partial charge in [0.25, 0.3) is 0 Å². The zero-order valence-electron chi connectivity index (χ0n) is 57.4. The molecule has 3 heterocycles. The number of nitrogens with zero attached hydrogens (tertiary/aromatic N) is 4. The Hall–Kier alpha value is -8.47. The second-order valence-corrected chi connectivity index (χ2v) is 19.6. The minimum absolute atomic E-state index is 0.199. The van der Waals surface area contributed by atoms with Crippen LogP contribution in [0, 0.1) is 0 Å². The van der Waals surface area contributed by atoms with Gasteiger partial charge in [-0.3, -0.25) is 4.57 Å². The molecule has 11 aromatic rings. The molecule has 0 bridgehead atoms. The van der Waals surface area contributed by atoms with Crippen molar-refractivity contribution in [1.29, 1.82) is 0 Å². The van der Waals surface area contributed by atoms with E-state index < -0.39 is 142 Å². The van der Waals surface area contributed by atoms with E-state index in [-0.39, 0.29) is 17.8 Å².